The minimum absolute atomic E-state index is 0. The largest absolute Gasteiger partial charge is 0.355 e. The fourth-order valence-electron chi connectivity index (χ4n) is 2.82. The van der Waals surface area contributed by atoms with E-state index in [0.29, 0.717) is 35.8 Å². The summed E-state index contributed by atoms with van der Waals surface area (Å²) in [6, 6.07) is 1.75. The smallest absolute Gasteiger partial charge is 0.211 e. The summed E-state index contributed by atoms with van der Waals surface area (Å²) in [5.41, 5.74) is 0.923. The Bertz CT molecular complexity index is 723. The minimum Gasteiger partial charge on any atom is -0.355 e. The number of hydrogen-bond acceptors (Lipinski definition) is 3. The average Bonchev–Trinajstić information content (AvgIpc) is 3.08. The molecule has 1 fully saturated rings. The Kier molecular flexibility index (Phi) is 8.79. The van der Waals surface area contributed by atoms with Gasteiger partial charge in [0.05, 0.1) is 17.8 Å². The van der Waals surface area contributed by atoms with Crippen LogP contribution in [0.15, 0.2) is 11.1 Å². The van der Waals surface area contributed by atoms with Crippen LogP contribution in [-0.4, -0.2) is 55.7 Å². The third kappa shape index (κ3) is 5.88. The van der Waals surface area contributed by atoms with E-state index in [9.17, 15) is 8.42 Å². The van der Waals surface area contributed by atoms with Crippen molar-refractivity contribution in [2.24, 2.45) is 12.0 Å². The van der Waals surface area contributed by atoms with E-state index in [1.165, 1.54) is 6.26 Å². The Labute approximate surface area is 176 Å². The molecular formula is C14H24Cl2IN5O2S. The predicted octanol–water partition coefficient (Wildman–Crippen LogP) is 2.04. The molecule has 0 unspecified atom stereocenters. The summed E-state index contributed by atoms with van der Waals surface area (Å²) in [6.07, 6.45) is 2.98. The molecule has 25 heavy (non-hydrogen) atoms. The van der Waals surface area contributed by atoms with E-state index < -0.39 is 10.0 Å². The lowest BCUT2D eigenvalue weighted by molar-refractivity contribution is 0.387. The van der Waals surface area contributed by atoms with Crippen LogP contribution in [0.3, 0.4) is 0 Å². The number of nitrogens with zero attached hydrogens (tertiary/aromatic N) is 3. The van der Waals surface area contributed by atoms with Gasteiger partial charge in [-0.1, -0.05) is 23.2 Å². The van der Waals surface area contributed by atoms with Crippen molar-refractivity contribution in [2.75, 3.05) is 26.4 Å². The molecule has 0 amide bonds. The first kappa shape index (κ1) is 22.8. The molecule has 1 aliphatic rings. The topological polar surface area (TPSA) is 78.7 Å². The highest BCUT2D eigenvalue weighted by Crippen LogP contribution is 2.25. The van der Waals surface area contributed by atoms with Crippen LogP contribution in [0.25, 0.3) is 0 Å². The molecule has 1 saturated heterocycles. The first-order valence-corrected chi connectivity index (χ1v) is 10.3. The first-order chi connectivity index (χ1) is 11.2. The summed E-state index contributed by atoms with van der Waals surface area (Å²) in [5.74, 6) is 0.601. The number of aliphatic imine (C=N–C) groups is 1. The van der Waals surface area contributed by atoms with E-state index in [1.54, 1.807) is 22.0 Å². The van der Waals surface area contributed by atoms with Gasteiger partial charge in [0, 0.05) is 38.9 Å². The van der Waals surface area contributed by atoms with Gasteiger partial charge in [0.1, 0.15) is 5.15 Å². The van der Waals surface area contributed by atoms with E-state index in [2.05, 4.69) is 15.6 Å². The third-order valence-electron chi connectivity index (χ3n) is 4.13. The zero-order valence-electron chi connectivity index (χ0n) is 14.4. The molecule has 1 aromatic heterocycles. The summed E-state index contributed by atoms with van der Waals surface area (Å²) < 4.78 is 26.9. The van der Waals surface area contributed by atoms with Gasteiger partial charge in [-0.3, -0.25) is 4.99 Å². The quantitative estimate of drug-likeness (QED) is 0.351. The summed E-state index contributed by atoms with van der Waals surface area (Å²) in [6.45, 7) is 1.60. The molecule has 7 nitrogen and oxygen atoms in total. The van der Waals surface area contributed by atoms with Crippen LogP contribution in [0.4, 0.5) is 0 Å². The zero-order valence-corrected chi connectivity index (χ0v) is 19.1. The summed E-state index contributed by atoms with van der Waals surface area (Å²) in [7, 11) is 0.338. The van der Waals surface area contributed by atoms with Crippen molar-refractivity contribution in [2.45, 2.75) is 25.4 Å². The van der Waals surface area contributed by atoms with Gasteiger partial charge in [0.2, 0.25) is 10.0 Å². The van der Waals surface area contributed by atoms with Gasteiger partial charge in [-0.2, -0.15) is 4.31 Å². The maximum atomic E-state index is 11.8. The maximum Gasteiger partial charge on any atom is 0.211 e. The monoisotopic (exact) mass is 523 g/mol. The van der Waals surface area contributed by atoms with Gasteiger partial charge >= 0.3 is 0 Å². The van der Waals surface area contributed by atoms with E-state index >= 15 is 0 Å². The molecular weight excluding hydrogens is 500 g/mol. The standard InChI is InChI=1S/C14H23Cl2N5O2S.HI/c1-17-14(19-9-11-7-12(15)13(16)20(11)2)18-8-10-5-4-6-21(10)24(3,22)23;/h7,10H,4-6,8-9H2,1-3H3,(H2,17,18,19);1H/t10-;/m1./s1. The molecule has 1 aliphatic heterocycles. The summed E-state index contributed by atoms with van der Waals surface area (Å²) in [5, 5.41) is 7.36. The van der Waals surface area contributed by atoms with Gasteiger partial charge in [-0.05, 0) is 18.9 Å². The molecule has 1 atom stereocenters. The Balaban J connectivity index is 0.00000312. The Morgan fingerprint density at radius 2 is 2.08 bits per heavy atom. The van der Waals surface area contributed by atoms with Gasteiger partial charge in [0.25, 0.3) is 0 Å². The maximum absolute atomic E-state index is 11.8. The van der Waals surface area contributed by atoms with E-state index in [4.69, 9.17) is 23.2 Å². The molecule has 0 aliphatic carbocycles. The molecule has 2 N–H and O–H groups in total. The van der Waals surface area contributed by atoms with E-state index in [0.717, 1.165) is 18.5 Å². The van der Waals surface area contributed by atoms with Crippen molar-refractivity contribution in [3.8, 4) is 0 Å². The molecule has 2 rings (SSSR count). The van der Waals surface area contributed by atoms with Gasteiger partial charge in [0.15, 0.2) is 5.96 Å². The zero-order chi connectivity index (χ0) is 17.9. The normalized spacial score (nSPS) is 18.9. The SMILES string of the molecule is CN=C(NCc1cc(Cl)c(Cl)n1C)NC[C@H]1CCCN1S(C)(=O)=O.I. The molecule has 11 heteroatoms. The van der Waals surface area contributed by atoms with Crippen molar-refractivity contribution in [3.05, 3.63) is 21.9 Å². The van der Waals surface area contributed by atoms with Crippen LogP contribution in [0.1, 0.15) is 18.5 Å². The molecule has 0 bridgehead atoms. The van der Waals surface area contributed by atoms with Crippen molar-refractivity contribution in [1.82, 2.24) is 19.5 Å². The fourth-order valence-corrected chi connectivity index (χ4v) is 4.42. The second-order valence-corrected chi connectivity index (χ2v) is 8.51. The molecule has 0 spiro atoms. The van der Waals surface area contributed by atoms with Crippen molar-refractivity contribution in [3.63, 3.8) is 0 Å². The van der Waals surface area contributed by atoms with Crippen LogP contribution in [-0.2, 0) is 23.6 Å². The van der Waals surface area contributed by atoms with Gasteiger partial charge in [-0.15, -0.1) is 24.0 Å². The average molecular weight is 524 g/mol. The fraction of sp³-hybridized carbons (Fsp3) is 0.643. The van der Waals surface area contributed by atoms with Crippen LogP contribution < -0.4 is 10.6 Å². The first-order valence-electron chi connectivity index (χ1n) is 7.65. The molecule has 0 radical (unpaired) electrons. The summed E-state index contributed by atoms with van der Waals surface area (Å²) in [4.78, 5) is 4.16. The lowest BCUT2D eigenvalue weighted by atomic mass is 10.2. The number of hydrogen-bond donors (Lipinski definition) is 2. The molecule has 1 aromatic rings. The van der Waals surface area contributed by atoms with Crippen LogP contribution in [0.2, 0.25) is 10.2 Å². The van der Waals surface area contributed by atoms with Crippen molar-refractivity contribution in [1.29, 1.82) is 0 Å². The van der Waals surface area contributed by atoms with Crippen LogP contribution in [0.5, 0.6) is 0 Å². The molecule has 0 aromatic carbocycles. The molecule has 2 heterocycles. The van der Waals surface area contributed by atoms with E-state index in [1.807, 2.05) is 7.05 Å². The van der Waals surface area contributed by atoms with E-state index in [-0.39, 0.29) is 30.0 Å². The van der Waals surface area contributed by atoms with Gasteiger partial charge in [-0.25, -0.2) is 8.42 Å². The third-order valence-corrected chi connectivity index (χ3v) is 6.31. The lowest BCUT2D eigenvalue weighted by Crippen LogP contribution is -2.46. The Morgan fingerprint density at radius 3 is 2.60 bits per heavy atom. The predicted molar refractivity (Wildman–Crippen MR) is 114 cm³/mol. The Morgan fingerprint density at radius 1 is 1.40 bits per heavy atom. The number of guanidine groups is 1. The number of halogens is 3. The number of nitrogens with one attached hydrogen (secondary N) is 2. The second-order valence-electron chi connectivity index (χ2n) is 5.81. The molecule has 0 saturated carbocycles. The minimum atomic E-state index is -3.17. The number of rotatable bonds is 5. The second kappa shape index (κ2) is 9.63. The lowest BCUT2D eigenvalue weighted by Gasteiger charge is -2.23. The van der Waals surface area contributed by atoms with Gasteiger partial charge < -0.3 is 15.2 Å². The van der Waals surface area contributed by atoms with Crippen LogP contribution >= 0.6 is 47.2 Å². The Hall–Kier alpha value is -0.230. The highest BCUT2D eigenvalue weighted by Gasteiger charge is 2.31. The highest BCUT2D eigenvalue weighted by molar-refractivity contribution is 14.0. The summed E-state index contributed by atoms with van der Waals surface area (Å²) >= 11 is 12.0. The highest BCUT2D eigenvalue weighted by atomic mass is 127. The van der Waals surface area contributed by atoms with Crippen molar-refractivity contribution >= 4 is 63.2 Å². The number of aromatic nitrogens is 1. The molecule has 144 valence electrons. The van der Waals surface area contributed by atoms with Crippen LogP contribution in [0, 0.1) is 0 Å². The van der Waals surface area contributed by atoms with Crippen molar-refractivity contribution < 1.29 is 8.42 Å². The number of sulfonamides is 1.